The lowest BCUT2D eigenvalue weighted by atomic mass is 10.2. The highest BCUT2D eigenvalue weighted by molar-refractivity contribution is 5.46. The molecule has 1 saturated heterocycles. The summed E-state index contributed by atoms with van der Waals surface area (Å²) in [6.07, 6.45) is 1.57. The number of hydrogen-bond acceptors (Lipinski definition) is 6. The summed E-state index contributed by atoms with van der Waals surface area (Å²) in [4.78, 5) is 18.4. The summed E-state index contributed by atoms with van der Waals surface area (Å²) >= 11 is 0. The number of piperazine rings is 1. The van der Waals surface area contributed by atoms with E-state index in [0.717, 1.165) is 31.9 Å². The second-order valence-corrected chi connectivity index (χ2v) is 6.12. The molecule has 2 heterocycles. The highest BCUT2D eigenvalue weighted by Gasteiger charge is 2.20. The number of pyridine rings is 1. The summed E-state index contributed by atoms with van der Waals surface area (Å²) in [5.41, 5.74) is 0.802. The first-order chi connectivity index (χ1) is 9.85. The fourth-order valence-corrected chi connectivity index (χ4v) is 2.09. The number of rotatable bonds is 4. The van der Waals surface area contributed by atoms with Crippen LogP contribution in [0, 0.1) is 10.1 Å². The van der Waals surface area contributed by atoms with E-state index < -0.39 is 4.92 Å². The Morgan fingerprint density at radius 3 is 2.43 bits per heavy atom. The Morgan fingerprint density at radius 2 is 1.95 bits per heavy atom. The molecular weight excluding hydrogens is 272 g/mol. The topological polar surface area (TPSA) is 71.7 Å². The van der Waals surface area contributed by atoms with Crippen LogP contribution in [0.5, 0.6) is 0 Å². The minimum atomic E-state index is -0.481. The van der Waals surface area contributed by atoms with E-state index in [4.69, 9.17) is 4.74 Å². The first-order valence-electron chi connectivity index (χ1n) is 7.07. The number of aromatic nitrogens is 1. The third kappa shape index (κ3) is 4.64. The van der Waals surface area contributed by atoms with Gasteiger partial charge in [0.2, 0.25) is 0 Å². The predicted octanol–water partition coefficient (Wildman–Crippen LogP) is 1.88. The SMILES string of the molecule is CC(C)(C)OCN1CCN(c2ccc([N+](=O)[O-])nc2)CC1. The molecule has 116 valence electrons. The van der Waals surface area contributed by atoms with Gasteiger partial charge in [-0.25, -0.2) is 0 Å². The second-order valence-electron chi connectivity index (χ2n) is 6.12. The lowest BCUT2D eigenvalue weighted by Gasteiger charge is -2.36. The molecule has 0 aromatic carbocycles. The quantitative estimate of drug-likeness (QED) is 0.623. The van der Waals surface area contributed by atoms with Crippen LogP contribution in [0.25, 0.3) is 0 Å². The molecule has 0 radical (unpaired) electrons. The smallest absolute Gasteiger partial charge is 0.363 e. The third-order valence-corrected chi connectivity index (χ3v) is 3.34. The Hall–Kier alpha value is -1.73. The molecular formula is C14H22N4O3. The van der Waals surface area contributed by atoms with Crippen molar-refractivity contribution in [3.05, 3.63) is 28.4 Å². The van der Waals surface area contributed by atoms with Gasteiger partial charge < -0.3 is 19.8 Å². The molecule has 0 bridgehead atoms. The molecule has 21 heavy (non-hydrogen) atoms. The Labute approximate surface area is 124 Å². The van der Waals surface area contributed by atoms with E-state index in [2.05, 4.69) is 14.8 Å². The van der Waals surface area contributed by atoms with E-state index in [-0.39, 0.29) is 11.4 Å². The van der Waals surface area contributed by atoms with Crippen LogP contribution in [0.1, 0.15) is 20.8 Å². The molecule has 0 atom stereocenters. The molecule has 0 spiro atoms. The maximum atomic E-state index is 10.6. The van der Waals surface area contributed by atoms with Gasteiger partial charge in [0.25, 0.3) is 0 Å². The molecule has 1 aliphatic rings. The van der Waals surface area contributed by atoms with Gasteiger partial charge in [-0.3, -0.25) is 4.90 Å². The van der Waals surface area contributed by atoms with Crippen molar-refractivity contribution in [2.45, 2.75) is 26.4 Å². The van der Waals surface area contributed by atoms with Crippen molar-refractivity contribution >= 4 is 11.5 Å². The van der Waals surface area contributed by atoms with Crippen LogP contribution in [0.4, 0.5) is 11.5 Å². The van der Waals surface area contributed by atoms with E-state index in [1.54, 1.807) is 12.3 Å². The Morgan fingerprint density at radius 1 is 1.29 bits per heavy atom. The average molecular weight is 294 g/mol. The van der Waals surface area contributed by atoms with Gasteiger partial charge in [0.15, 0.2) is 6.20 Å². The van der Waals surface area contributed by atoms with Gasteiger partial charge in [0.1, 0.15) is 0 Å². The normalized spacial score (nSPS) is 17.0. The average Bonchev–Trinajstić information content (AvgIpc) is 2.45. The molecule has 7 nitrogen and oxygen atoms in total. The van der Waals surface area contributed by atoms with E-state index in [1.165, 1.54) is 6.07 Å². The molecule has 2 rings (SSSR count). The highest BCUT2D eigenvalue weighted by Crippen LogP contribution is 2.18. The van der Waals surface area contributed by atoms with Crippen molar-refractivity contribution in [3.63, 3.8) is 0 Å². The van der Waals surface area contributed by atoms with E-state index >= 15 is 0 Å². The van der Waals surface area contributed by atoms with Gasteiger partial charge in [-0.15, -0.1) is 0 Å². The number of nitro groups is 1. The maximum Gasteiger partial charge on any atom is 0.363 e. The second kappa shape index (κ2) is 6.36. The summed E-state index contributed by atoms with van der Waals surface area (Å²) in [7, 11) is 0. The van der Waals surface area contributed by atoms with Crippen molar-refractivity contribution in [1.82, 2.24) is 9.88 Å². The summed E-state index contributed by atoms with van der Waals surface area (Å²) < 4.78 is 5.77. The van der Waals surface area contributed by atoms with Crippen molar-refractivity contribution in [2.75, 3.05) is 37.8 Å². The molecule has 0 N–H and O–H groups in total. The number of nitrogens with zero attached hydrogens (tertiary/aromatic N) is 4. The lowest BCUT2D eigenvalue weighted by Crippen LogP contribution is -2.48. The minimum Gasteiger partial charge on any atom is -0.366 e. The highest BCUT2D eigenvalue weighted by atomic mass is 16.6. The number of hydrogen-bond donors (Lipinski definition) is 0. The molecule has 0 amide bonds. The van der Waals surface area contributed by atoms with Crippen LogP contribution in [-0.2, 0) is 4.74 Å². The first kappa shape index (κ1) is 15.7. The summed E-state index contributed by atoms with van der Waals surface area (Å²) in [6.45, 7) is 10.3. The van der Waals surface area contributed by atoms with Crippen LogP contribution < -0.4 is 4.90 Å². The van der Waals surface area contributed by atoms with Gasteiger partial charge >= 0.3 is 5.82 Å². The number of ether oxygens (including phenoxy) is 1. The van der Waals surface area contributed by atoms with Crippen LogP contribution in [0.3, 0.4) is 0 Å². The van der Waals surface area contributed by atoms with E-state index in [1.807, 2.05) is 20.8 Å². The first-order valence-corrected chi connectivity index (χ1v) is 7.07. The largest absolute Gasteiger partial charge is 0.366 e. The molecule has 1 aromatic rings. The standard InChI is InChI=1S/C14H22N4O3/c1-14(2,3)21-11-16-6-8-17(9-7-16)12-4-5-13(15-10-12)18(19)20/h4-5,10H,6-9,11H2,1-3H3. The Bertz CT molecular complexity index is 476. The fourth-order valence-electron chi connectivity index (χ4n) is 2.09. The molecule has 0 aliphatic carbocycles. The fraction of sp³-hybridized carbons (Fsp3) is 0.643. The zero-order valence-corrected chi connectivity index (χ0v) is 12.8. The summed E-state index contributed by atoms with van der Waals surface area (Å²) in [5, 5.41) is 10.6. The summed E-state index contributed by atoms with van der Waals surface area (Å²) in [5.74, 6) is -0.115. The van der Waals surface area contributed by atoms with Crippen LogP contribution in [0.15, 0.2) is 18.3 Å². The van der Waals surface area contributed by atoms with E-state index in [9.17, 15) is 10.1 Å². The molecule has 1 aromatic heterocycles. The Balaban J connectivity index is 1.84. The molecule has 7 heteroatoms. The lowest BCUT2D eigenvalue weighted by molar-refractivity contribution is -0.389. The molecule has 0 unspecified atom stereocenters. The molecule has 1 aliphatic heterocycles. The van der Waals surface area contributed by atoms with Crippen LogP contribution in [0.2, 0.25) is 0 Å². The maximum absolute atomic E-state index is 10.6. The monoisotopic (exact) mass is 294 g/mol. The van der Waals surface area contributed by atoms with Gasteiger partial charge in [0, 0.05) is 32.2 Å². The molecule has 1 fully saturated rings. The van der Waals surface area contributed by atoms with Crippen LogP contribution in [-0.4, -0.2) is 53.3 Å². The van der Waals surface area contributed by atoms with Crippen molar-refractivity contribution < 1.29 is 9.66 Å². The minimum absolute atomic E-state index is 0.115. The zero-order chi connectivity index (χ0) is 15.5. The predicted molar refractivity (Wildman–Crippen MR) is 80.4 cm³/mol. The van der Waals surface area contributed by atoms with Crippen molar-refractivity contribution in [2.24, 2.45) is 0 Å². The van der Waals surface area contributed by atoms with Crippen LogP contribution >= 0.6 is 0 Å². The number of anilines is 1. The van der Waals surface area contributed by atoms with Gasteiger partial charge in [-0.2, -0.15) is 0 Å². The van der Waals surface area contributed by atoms with Gasteiger partial charge in [-0.1, -0.05) is 0 Å². The third-order valence-electron chi connectivity index (χ3n) is 3.34. The summed E-state index contributed by atoms with van der Waals surface area (Å²) in [6, 6.07) is 3.21. The van der Waals surface area contributed by atoms with E-state index in [0.29, 0.717) is 6.73 Å². The molecule has 0 saturated carbocycles. The van der Waals surface area contributed by atoms with Crippen molar-refractivity contribution in [3.8, 4) is 0 Å². The van der Waals surface area contributed by atoms with Gasteiger partial charge in [0.05, 0.1) is 18.0 Å². The van der Waals surface area contributed by atoms with Crippen molar-refractivity contribution in [1.29, 1.82) is 0 Å². The van der Waals surface area contributed by atoms with Gasteiger partial charge in [-0.05, 0) is 36.7 Å². The Kier molecular flexibility index (Phi) is 4.74. The zero-order valence-electron chi connectivity index (χ0n) is 12.8.